The highest BCUT2D eigenvalue weighted by molar-refractivity contribution is 5.88. The Morgan fingerprint density at radius 3 is 2.25 bits per heavy atom. The van der Waals surface area contributed by atoms with E-state index in [1.807, 2.05) is 76.2 Å². The molecule has 0 saturated heterocycles. The van der Waals surface area contributed by atoms with Crippen molar-refractivity contribution in [3.05, 3.63) is 65.2 Å². The van der Waals surface area contributed by atoms with Gasteiger partial charge in [0.05, 0.1) is 0 Å². The molecule has 0 aliphatic heterocycles. The van der Waals surface area contributed by atoms with Gasteiger partial charge in [-0.3, -0.25) is 9.59 Å². The fourth-order valence-electron chi connectivity index (χ4n) is 2.93. The third kappa shape index (κ3) is 6.41. The summed E-state index contributed by atoms with van der Waals surface area (Å²) in [5.74, 6) is 0.240. The Kier molecular flexibility index (Phi) is 7.61. The molecule has 2 aromatic rings. The van der Waals surface area contributed by atoms with Gasteiger partial charge < -0.3 is 15.0 Å². The second kappa shape index (κ2) is 9.93. The quantitative estimate of drug-likeness (QED) is 0.759. The van der Waals surface area contributed by atoms with Crippen molar-refractivity contribution in [2.75, 3.05) is 6.61 Å². The van der Waals surface area contributed by atoms with Gasteiger partial charge >= 0.3 is 0 Å². The predicted octanol–water partition coefficient (Wildman–Crippen LogP) is 3.62. The molecule has 28 heavy (non-hydrogen) atoms. The van der Waals surface area contributed by atoms with Gasteiger partial charge in [-0.25, -0.2) is 0 Å². The first-order valence-electron chi connectivity index (χ1n) is 9.61. The molecule has 0 bridgehead atoms. The van der Waals surface area contributed by atoms with Gasteiger partial charge in [0, 0.05) is 12.6 Å². The lowest BCUT2D eigenvalue weighted by Gasteiger charge is -2.29. The van der Waals surface area contributed by atoms with E-state index in [1.54, 1.807) is 11.8 Å². The molecule has 0 aromatic heterocycles. The SMILES string of the molecule is Cc1cccc(CN(C(=O)COc2cccc(C)c2)[C@H](C)C(=O)NC(C)C)c1. The molecule has 5 nitrogen and oxygen atoms in total. The van der Waals surface area contributed by atoms with E-state index in [1.165, 1.54) is 0 Å². The second-order valence-electron chi connectivity index (χ2n) is 7.46. The van der Waals surface area contributed by atoms with Crippen LogP contribution in [0, 0.1) is 13.8 Å². The number of nitrogens with zero attached hydrogens (tertiary/aromatic N) is 1. The van der Waals surface area contributed by atoms with E-state index in [-0.39, 0.29) is 24.5 Å². The molecule has 1 N–H and O–H groups in total. The van der Waals surface area contributed by atoms with Crippen LogP contribution >= 0.6 is 0 Å². The zero-order valence-electron chi connectivity index (χ0n) is 17.4. The number of hydrogen-bond acceptors (Lipinski definition) is 3. The van der Waals surface area contributed by atoms with Crippen LogP contribution in [-0.2, 0) is 16.1 Å². The average Bonchev–Trinajstić information content (AvgIpc) is 2.63. The molecular weight excluding hydrogens is 352 g/mol. The number of benzene rings is 2. The molecule has 0 fully saturated rings. The standard InChI is InChI=1S/C23H30N2O3/c1-16(2)24-23(27)19(5)25(14-20-10-6-8-17(3)12-20)22(26)15-28-21-11-7-9-18(4)13-21/h6-13,16,19H,14-15H2,1-5H3,(H,24,27)/t19-/m1/s1. The highest BCUT2D eigenvalue weighted by atomic mass is 16.5. The number of nitrogens with one attached hydrogen (secondary N) is 1. The summed E-state index contributed by atoms with van der Waals surface area (Å²) in [6.45, 7) is 9.76. The van der Waals surface area contributed by atoms with E-state index in [0.717, 1.165) is 16.7 Å². The summed E-state index contributed by atoms with van der Waals surface area (Å²) < 4.78 is 5.68. The number of carbonyl (C=O) groups excluding carboxylic acids is 2. The van der Waals surface area contributed by atoms with Crippen molar-refractivity contribution in [2.45, 2.75) is 53.2 Å². The summed E-state index contributed by atoms with van der Waals surface area (Å²) in [6, 6.07) is 14.9. The van der Waals surface area contributed by atoms with Gasteiger partial charge in [-0.15, -0.1) is 0 Å². The maximum Gasteiger partial charge on any atom is 0.261 e. The molecule has 0 spiro atoms. The number of hydrogen-bond donors (Lipinski definition) is 1. The Hall–Kier alpha value is -2.82. The summed E-state index contributed by atoms with van der Waals surface area (Å²) in [5, 5.41) is 2.88. The molecule has 0 aliphatic rings. The van der Waals surface area contributed by atoms with Crippen molar-refractivity contribution in [1.82, 2.24) is 10.2 Å². The number of carbonyl (C=O) groups is 2. The molecule has 0 saturated carbocycles. The van der Waals surface area contributed by atoms with Gasteiger partial charge in [0.1, 0.15) is 11.8 Å². The van der Waals surface area contributed by atoms with E-state index >= 15 is 0 Å². The van der Waals surface area contributed by atoms with Crippen LogP contribution in [0.1, 0.15) is 37.5 Å². The smallest absolute Gasteiger partial charge is 0.261 e. The fraction of sp³-hybridized carbons (Fsp3) is 0.391. The van der Waals surface area contributed by atoms with Gasteiger partial charge in [0.15, 0.2) is 6.61 Å². The molecule has 2 rings (SSSR count). The summed E-state index contributed by atoms with van der Waals surface area (Å²) in [5.41, 5.74) is 3.15. The molecule has 0 radical (unpaired) electrons. The topological polar surface area (TPSA) is 58.6 Å². The van der Waals surface area contributed by atoms with Crippen molar-refractivity contribution in [1.29, 1.82) is 0 Å². The third-order valence-corrected chi connectivity index (χ3v) is 4.39. The lowest BCUT2D eigenvalue weighted by Crippen LogP contribution is -2.50. The summed E-state index contributed by atoms with van der Waals surface area (Å²) >= 11 is 0. The fourth-order valence-corrected chi connectivity index (χ4v) is 2.93. The van der Waals surface area contributed by atoms with Crippen molar-refractivity contribution in [3.8, 4) is 5.75 Å². The zero-order valence-corrected chi connectivity index (χ0v) is 17.4. The minimum Gasteiger partial charge on any atom is -0.484 e. The zero-order chi connectivity index (χ0) is 20.7. The molecule has 1 atom stereocenters. The maximum absolute atomic E-state index is 12.9. The summed E-state index contributed by atoms with van der Waals surface area (Å²) in [4.78, 5) is 27.0. The Bertz CT molecular complexity index is 817. The van der Waals surface area contributed by atoms with E-state index in [2.05, 4.69) is 5.32 Å². The van der Waals surface area contributed by atoms with E-state index < -0.39 is 6.04 Å². The van der Waals surface area contributed by atoms with Crippen LogP contribution in [0.2, 0.25) is 0 Å². The average molecular weight is 383 g/mol. The van der Waals surface area contributed by atoms with Crippen LogP contribution in [0.3, 0.4) is 0 Å². The molecule has 5 heteroatoms. The first-order chi connectivity index (χ1) is 13.3. The van der Waals surface area contributed by atoms with Crippen LogP contribution in [0.15, 0.2) is 48.5 Å². The summed E-state index contributed by atoms with van der Waals surface area (Å²) in [6.07, 6.45) is 0. The van der Waals surface area contributed by atoms with Crippen molar-refractivity contribution >= 4 is 11.8 Å². The number of rotatable bonds is 8. The molecule has 2 aromatic carbocycles. The van der Waals surface area contributed by atoms with Crippen LogP contribution in [0.4, 0.5) is 0 Å². The van der Waals surface area contributed by atoms with Crippen molar-refractivity contribution in [2.24, 2.45) is 0 Å². The minimum absolute atomic E-state index is 0.00872. The molecule has 0 aliphatic carbocycles. The van der Waals surface area contributed by atoms with E-state index in [4.69, 9.17) is 4.74 Å². The number of ether oxygens (including phenoxy) is 1. The molecule has 2 amide bonds. The predicted molar refractivity (Wildman–Crippen MR) is 111 cm³/mol. The minimum atomic E-state index is -0.600. The van der Waals surface area contributed by atoms with Gasteiger partial charge in [-0.2, -0.15) is 0 Å². The number of aryl methyl sites for hydroxylation is 2. The molecule has 150 valence electrons. The Labute approximate surface area is 167 Å². The van der Waals surface area contributed by atoms with Crippen LogP contribution < -0.4 is 10.1 Å². The van der Waals surface area contributed by atoms with Gasteiger partial charge in [-0.1, -0.05) is 42.0 Å². The first kappa shape index (κ1) is 21.5. The Morgan fingerprint density at radius 2 is 1.64 bits per heavy atom. The van der Waals surface area contributed by atoms with Crippen LogP contribution in [0.5, 0.6) is 5.75 Å². The van der Waals surface area contributed by atoms with Gasteiger partial charge in [-0.05, 0) is 57.9 Å². The first-order valence-corrected chi connectivity index (χ1v) is 9.61. The van der Waals surface area contributed by atoms with E-state index in [0.29, 0.717) is 12.3 Å². The lowest BCUT2D eigenvalue weighted by atomic mass is 10.1. The molecule has 0 heterocycles. The highest BCUT2D eigenvalue weighted by Crippen LogP contribution is 2.15. The van der Waals surface area contributed by atoms with Crippen LogP contribution in [0.25, 0.3) is 0 Å². The number of amides is 2. The highest BCUT2D eigenvalue weighted by Gasteiger charge is 2.26. The van der Waals surface area contributed by atoms with E-state index in [9.17, 15) is 9.59 Å². The maximum atomic E-state index is 12.9. The van der Waals surface area contributed by atoms with Crippen LogP contribution in [-0.4, -0.2) is 35.4 Å². The second-order valence-corrected chi connectivity index (χ2v) is 7.46. The lowest BCUT2D eigenvalue weighted by molar-refractivity contribution is -0.142. The Balaban J connectivity index is 2.15. The largest absolute Gasteiger partial charge is 0.484 e. The third-order valence-electron chi connectivity index (χ3n) is 4.39. The Morgan fingerprint density at radius 1 is 1.00 bits per heavy atom. The van der Waals surface area contributed by atoms with Crippen molar-refractivity contribution < 1.29 is 14.3 Å². The van der Waals surface area contributed by atoms with Gasteiger partial charge in [0.25, 0.3) is 5.91 Å². The monoisotopic (exact) mass is 382 g/mol. The van der Waals surface area contributed by atoms with Crippen molar-refractivity contribution in [3.63, 3.8) is 0 Å². The normalized spacial score (nSPS) is 11.8. The molecular formula is C23H30N2O3. The molecule has 0 unspecified atom stereocenters. The summed E-state index contributed by atoms with van der Waals surface area (Å²) in [7, 11) is 0. The van der Waals surface area contributed by atoms with Gasteiger partial charge in [0.2, 0.25) is 5.91 Å².